The average molecular weight is 409 g/mol. The smallest absolute Gasteiger partial charge is 0.294 e. The number of aliphatic hydroxyl groups excluding tert-OH is 1. The highest BCUT2D eigenvalue weighted by atomic mass is 16.5. The molecule has 0 radical (unpaired) electrons. The molecule has 2 aromatic rings. The molecule has 6 heteroatoms. The van der Waals surface area contributed by atoms with Crippen LogP contribution in [0.5, 0.6) is 11.5 Å². The number of rotatable bonds is 7. The lowest BCUT2D eigenvalue weighted by atomic mass is 9.90. The Morgan fingerprint density at radius 2 is 1.70 bits per heavy atom. The van der Waals surface area contributed by atoms with Crippen LogP contribution in [0.4, 0.5) is 5.69 Å². The first kappa shape index (κ1) is 21.4. The maximum absolute atomic E-state index is 13.1. The lowest BCUT2D eigenvalue weighted by Gasteiger charge is -2.28. The lowest BCUT2D eigenvalue weighted by molar-refractivity contribution is -0.119. The molecule has 1 aliphatic heterocycles. The first-order valence-electron chi connectivity index (χ1n) is 9.95. The van der Waals surface area contributed by atoms with Gasteiger partial charge in [0.05, 0.1) is 25.8 Å². The number of hydrogen-bond donors (Lipinski definition) is 1. The van der Waals surface area contributed by atoms with Gasteiger partial charge in [-0.1, -0.05) is 45.0 Å². The summed E-state index contributed by atoms with van der Waals surface area (Å²) in [5.74, 6) is -0.770. The van der Waals surface area contributed by atoms with Gasteiger partial charge < -0.3 is 14.6 Å². The Morgan fingerprint density at radius 1 is 1.07 bits per heavy atom. The zero-order valence-electron chi connectivity index (χ0n) is 17.9. The summed E-state index contributed by atoms with van der Waals surface area (Å²) in [5, 5.41) is 10.7. The zero-order chi connectivity index (χ0) is 22.0. The van der Waals surface area contributed by atoms with Crippen LogP contribution in [-0.2, 0) is 16.0 Å². The number of Topliss-reactive ketones (excluding diaryl/α,β-unsaturated/α-hetero) is 1. The van der Waals surface area contributed by atoms with Gasteiger partial charge in [-0.05, 0) is 29.7 Å². The monoisotopic (exact) mass is 409 g/mol. The van der Waals surface area contributed by atoms with E-state index in [1.54, 1.807) is 32.0 Å². The van der Waals surface area contributed by atoms with Crippen molar-refractivity contribution in [2.75, 3.05) is 19.1 Å². The molecular formula is C24H27NO5. The van der Waals surface area contributed by atoms with E-state index in [9.17, 15) is 14.7 Å². The average Bonchev–Trinajstić information content (AvgIpc) is 3.03. The number of benzene rings is 2. The maximum atomic E-state index is 13.1. The number of aliphatic hydroxyl groups is 1. The molecule has 1 amide bonds. The summed E-state index contributed by atoms with van der Waals surface area (Å²) < 4.78 is 10.7. The van der Waals surface area contributed by atoms with Crippen molar-refractivity contribution in [2.45, 2.75) is 33.2 Å². The molecule has 1 aliphatic rings. The molecule has 0 aliphatic carbocycles. The summed E-state index contributed by atoms with van der Waals surface area (Å²) in [5.41, 5.74) is 2.52. The Balaban J connectivity index is 2.18. The number of carbonyl (C=O) groups excluding carboxylic acids is 2. The van der Waals surface area contributed by atoms with E-state index in [2.05, 4.69) is 6.92 Å². The van der Waals surface area contributed by atoms with Gasteiger partial charge in [-0.25, -0.2) is 0 Å². The van der Waals surface area contributed by atoms with Crippen LogP contribution < -0.4 is 14.4 Å². The van der Waals surface area contributed by atoms with Crippen molar-refractivity contribution in [2.24, 2.45) is 5.92 Å². The summed E-state index contributed by atoms with van der Waals surface area (Å²) in [6.07, 6.45) is 0.877. The number of anilines is 1. The topological polar surface area (TPSA) is 76.1 Å². The molecule has 1 unspecified atom stereocenters. The van der Waals surface area contributed by atoms with E-state index in [4.69, 9.17) is 9.47 Å². The fourth-order valence-electron chi connectivity index (χ4n) is 3.66. The number of aryl methyl sites for hydroxylation is 1. The van der Waals surface area contributed by atoms with Crippen molar-refractivity contribution >= 4 is 17.4 Å². The highest BCUT2D eigenvalue weighted by Gasteiger charge is 2.44. The van der Waals surface area contributed by atoms with Crippen LogP contribution in [0.15, 0.2) is 53.8 Å². The normalized spacial score (nSPS) is 16.4. The van der Waals surface area contributed by atoms with E-state index in [1.165, 1.54) is 19.1 Å². The van der Waals surface area contributed by atoms with Gasteiger partial charge in [0.25, 0.3) is 5.91 Å². The van der Waals surface area contributed by atoms with E-state index in [1.807, 2.05) is 24.3 Å². The van der Waals surface area contributed by atoms with Crippen LogP contribution in [0.25, 0.3) is 0 Å². The molecule has 2 aromatic carbocycles. The predicted octanol–water partition coefficient (Wildman–Crippen LogP) is 4.39. The molecule has 0 saturated carbocycles. The van der Waals surface area contributed by atoms with Crippen molar-refractivity contribution in [3.8, 4) is 11.5 Å². The quantitative estimate of drug-likeness (QED) is 0.734. The van der Waals surface area contributed by atoms with Gasteiger partial charge >= 0.3 is 0 Å². The summed E-state index contributed by atoms with van der Waals surface area (Å²) >= 11 is 0. The van der Waals surface area contributed by atoms with Crippen LogP contribution in [-0.4, -0.2) is 31.0 Å². The fraction of sp³-hybridized carbons (Fsp3) is 0.333. The molecule has 3 rings (SSSR count). The maximum Gasteiger partial charge on any atom is 0.294 e. The van der Waals surface area contributed by atoms with E-state index < -0.39 is 17.7 Å². The van der Waals surface area contributed by atoms with Crippen LogP contribution in [0.3, 0.4) is 0 Å². The van der Waals surface area contributed by atoms with Gasteiger partial charge in [-0.2, -0.15) is 0 Å². The van der Waals surface area contributed by atoms with Gasteiger partial charge in [0, 0.05) is 17.7 Å². The standard InChI is InChI=1S/C24H27NO5/c1-6-15-7-9-16(10-8-15)21-20(22(26)14(2)3)23(27)24(28)25(21)17-11-12-18(29-4)19(13-17)30-5/h7-14,21,27H,6H2,1-5H3. The van der Waals surface area contributed by atoms with Crippen molar-refractivity contribution in [1.82, 2.24) is 0 Å². The minimum atomic E-state index is -0.726. The minimum absolute atomic E-state index is 0.119. The van der Waals surface area contributed by atoms with E-state index in [-0.39, 0.29) is 17.3 Å². The third-order valence-corrected chi connectivity index (χ3v) is 5.35. The number of amides is 1. The molecule has 0 saturated heterocycles. The third kappa shape index (κ3) is 3.65. The molecule has 0 spiro atoms. The summed E-state index contributed by atoms with van der Waals surface area (Å²) in [7, 11) is 3.04. The van der Waals surface area contributed by atoms with E-state index in [0.29, 0.717) is 17.2 Å². The molecule has 6 nitrogen and oxygen atoms in total. The zero-order valence-corrected chi connectivity index (χ0v) is 17.9. The molecule has 0 bridgehead atoms. The number of ketones is 1. The highest BCUT2D eigenvalue weighted by Crippen LogP contribution is 2.43. The molecule has 0 aromatic heterocycles. The van der Waals surface area contributed by atoms with Crippen molar-refractivity contribution in [3.05, 3.63) is 64.9 Å². The Morgan fingerprint density at radius 3 is 2.23 bits per heavy atom. The molecular weight excluding hydrogens is 382 g/mol. The van der Waals surface area contributed by atoms with Crippen LogP contribution >= 0.6 is 0 Å². The number of ether oxygens (including phenoxy) is 2. The minimum Gasteiger partial charge on any atom is -0.503 e. The van der Waals surface area contributed by atoms with Crippen LogP contribution in [0.1, 0.15) is 37.9 Å². The van der Waals surface area contributed by atoms with Gasteiger partial charge in [-0.3, -0.25) is 14.5 Å². The van der Waals surface area contributed by atoms with Gasteiger partial charge in [-0.15, -0.1) is 0 Å². The van der Waals surface area contributed by atoms with Gasteiger partial charge in [0.1, 0.15) is 0 Å². The predicted molar refractivity (Wildman–Crippen MR) is 115 cm³/mol. The third-order valence-electron chi connectivity index (χ3n) is 5.35. The molecule has 1 N–H and O–H groups in total. The SMILES string of the molecule is CCc1ccc(C2C(C(=O)C(C)C)=C(O)C(=O)N2c2ccc(OC)c(OC)c2)cc1. The van der Waals surface area contributed by atoms with Crippen molar-refractivity contribution < 1.29 is 24.2 Å². The second kappa shape index (κ2) is 8.61. The molecule has 1 heterocycles. The fourth-order valence-corrected chi connectivity index (χ4v) is 3.66. The van der Waals surface area contributed by atoms with Gasteiger partial charge in [0.15, 0.2) is 23.0 Å². The molecule has 30 heavy (non-hydrogen) atoms. The van der Waals surface area contributed by atoms with Crippen LogP contribution in [0, 0.1) is 5.92 Å². The summed E-state index contributed by atoms with van der Waals surface area (Å²) in [6, 6.07) is 12.1. The van der Waals surface area contributed by atoms with E-state index in [0.717, 1.165) is 17.5 Å². The van der Waals surface area contributed by atoms with Crippen molar-refractivity contribution in [3.63, 3.8) is 0 Å². The number of nitrogens with zero attached hydrogens (tertiary/aromatic N) is 1. The second-order valence-corrected chi connectivity index (χ2v) is 7.49. The molecule has 1 atom stereocenters. The number of hydrogen-bond acceptors (Lipinski definition) is 5. The number of carbonyl (C=O) groups is 2. The van der Waals surface area contributed by atoms with Crippen LogP contribution in [0.2, 0.25) is 0 Å². The largest absolute Gasteiger partial charge is 0.503 e. The van der Waals surface area contributed by atoms with Crippen molar-refractivity contribution in [1.29, 1.82) is 0 Å². The lowest BCUT2D eigenvalue weighted by Crippen LogP contribution is -2.31. The Labute approximate surface area is 176 Å². The first-order chi connectivity index (χ1) is 14.3. The van der Waals surface area contributed by atoms with E-state index >= 15 is 0 Å². The number of methoxy groups -OCH3 is 2. The Bertz CT molecular complexity index is 991. The second-order valence-electron chi connectivity index (χ2n) is 7.49. The Hall–Kier alpha value is -3.28. The summed E-state index contributed by atoms with van der Waals surface area (Å²) in [6.45, 7) is 5.57. The molecule has 158 valence electrons. The van der Waals surface area contributed by atoms with Gasteiger partial charge in [0.2, 0.25) is 0 Å². The summed E-state index contributed by atoms with van der Waals surface area (Å²) in [4.78, 5) is 27.5. The first-order valence-corrected chi connectivity index (χ1v) is 9.95. The molecule has 0 fully saturated rings. The Kier molecular flexibility index (Phi) is 6.15. The highest BCUT2D eigenvalue weighted by molar-refractivity contribution is 6.16.